The molecule has 0 aliphatic heterocycles. The highest BCUT2D eigenvalue weighted by molar-refractivity contribution is 7.98. The van der Waals surface area contributed by atoms with Gasteiger partial charge in [0, 0.05) is 0 Å². The summed E-state index contributed by atoms with van der Waals surface area (Å²) in [5.41, 5.74) is 0. The van der Waals surface area contributed by atoms with Crippen molar-refractivity contribution < 1.29 is 5.11 Å². The summed E-state index contributed by atoms with van der Waals surface area (Å²) < 4.78 is 0. The van der Waals surface area contributed by atoms with Gasteiger partial charge in [-0.15, -0.1) is 0 Å². The van der Waals surface area contributed by atoms with Crippen molar-refractivity contribution in [1.29, 1.82) is 0 Å². The fourth-order valence-corrected chi connectivity index (χ4v) is 3.01. The fraction of sp³-hybridized carbons (Fsp3) is 1.00. The molecule has 0 aromatic rings. The van der Waals surface area contributed by atoms with Crippen LogP contribution < -0.4 is 0 Å². The van der Waals surface area contributed by atoms with E-state index >= 15 is 0 Å². The Morgan fingerprint density at radius 2 is 2.07 bits per heavy atom. The maximum absolute atomic E-state index is 9.89. The van der Waals surface area contributed by atoms with Gasteiger partial charge in [-0.05, 0) is 55.4 Å². The smallest absolute Gasteiger partial charge is 0.0568 e. The third kappa shape index (κ3) is 3.47. The van der Waals surface area contributed by atoms with Gasteiger partial charge in [-0.2, -0.15) is 11.8 Å². The van der Waals surface area contributed by atoms with E-state index in [1.807, 2.05) is 11.8 Å². The number of rotatable bonds is 4. The van der Waals surface area contributed by atoms with E-state index in [2.05, 4.69) is 20.1 Å². The molecule has 0 amide bonds. The van der Waals surface area contributed by atoms with Crippen molar-refractivity contribution >= 4 is 11.8 Å². The van der Waals surface area contributed by atoms with Crippen molar-refractivity contribution in [2.24, 2.45) is 17.8 Å². The summed E-state index contributed by atoms with van der Waals surface area (Å²) in [6.45, 7) is 4.63. The van der Waals surface area contributed by atoms with E-state index in [1.54, 1.807) is 0 Å². The van der Waals surface area contributed by atoms with Crippen LogP contribution in [0.3, 0.4) is 0 Å². The second kappa shape index (κ2) is 6.02. The van der Waals surface area contributed by atoms with Crippen molar-refractivity contribution in [2.45, 2.75) is 45.6 Å². The molecule has 1 aliphatic rings. The average Bonchev–Trinajstić information content (AvgIpc) is 2.16. The highest BCUT2D eigenvalue weighted by Gasteiger charge is 2.29. The average molecular weight is 216 g/mol. The van der Waals surface area contributed by atoms with Crippen molar-refractivity contribution in [1.82, 2.24) is 0 Å². The van der Waals surface area contributed by atoms with Crippen LogP contribution in [0, 0.1) is 17.8 Å². The third-order valence-corrected chi connectivity index (χ3v) is 4.26. The minimum absolute atomic E-state index is 0.0165. The maximum atomic E-state index is 9.89. The predicted molar refractivity (Wildman–Crippen MR) is 64.7 cm³/mol. The molecule has 0 bridgehead atoms. The Morgan fingerprint density at radius 1 is 1.36 bits per heavy atom. The lowest BCUT2D eigenvalue weighted by Gasteiger charge is -2.35. The molecule has 0 aromatic carbocycles. The summed E-state index contributed by atoms with van der Waals surface area (Å²) in [5.74, 6) is 3.42. The molecule has 1 rings (SSSR count). The molecule has 1 N–H and O–H groups in total. The summed E-state index contributed by atoms with van der Waals surface area (Å²) in [5, 5.41) is 9.89. The molecular formula is C12H24OS. The normalized spacial score (nSPS) is 33.6. The van der Waals surface area contributed by atoms with Gasteiger partial charge >= 0.3 is 0 Å². The van der Waals surface area contributed by atoms with Crippen LogP contribution in [0.25, 0.3) is 0 Å². The Bertz CT molecular complexity index is 158. The monoisotopic (exact) mass is 216 g/mol. The van der Waals surface area contributed by atoms with Gasteiger partial charge in [-0.3, -0.25) is 0 Å². The Labute approximate surface area is 92.7 Å². The van der Waals surface area contributed by atoms with E-state index in [0.717, 1.165) is 18.3 Å². The molecule has 2 heteroatoms. The molecular weight excluding hydrogens is 192 g/mol. The zero-order valence-corrected chi connectivity index (χ0v) is 10.5. The van der Waals surface area contributed by atoms with E-state index in [1.165, 1.54) is 25.0 Å². The van der Waals surface area contributed by atoms with Gasteiger partial charge in [-0.1, -0.05) is 13.8 Å². The molecule has 1 aliphatic carbocycles. The molecule has 1 nitrogen and oxygen atoms in total. The lowest BCUT2D eigenvalue weighted by Crippen LogP contribution is -2.31. The highest BCUT2D eigenvalue weighted by Crippen LogP contribution is 2.35. The standard InChI is InChI=1S/C12H24OS/c1-9(2)10-4-5-12(13)11(8-10)6-7-14-3/h9-13H,4-8H2,1-3H3. The van der Waals surface area contributed by atoms with Gasteiger partial charge in [0.25, 0.3) is 0 Å². The van der Waals surface area contributed by atoms with Crippen LogP contribution in [0.2, 0.25) is 0 Å². The van der Waals surface area contributed by atoms with Crippen LogP contribution in [-0.4, -0.2) is 23.2 Å². The first-order valence-corrected chi connectivity index (χ1v) is 7.21. The van der Waals surface area contributed by atoms with E-state index in [9.17, 15) is 5.11 Å². The Morgan fingerprint density at radius 3 is 2.64 bits per heavy atom. The van der Waals surface area contributed by atoms with Gasteiger partial charge in [0.05, 0.1) is 6.10 Å². The molecule has 0 aromatic heterocycles. The van der Waals surface area contributed by atoms with Gasteiger partial charge in [0.1, 0.15) is 0 Å². The molecule has 1 saturated carbocycles. The zero-order valence-electron chi connectivity index (χ0n) is 9.70. The van der Waals surface area contributed by atoms with Crippen molar-refractivity contribution in [3.8, 4) is 0 Å². The first-order chi connectivity index (χ1) is 6.65. The SMILES string of the molecule is CSCCC1CC(C(C)C)CCC1O. The summed E-state index contributed by atoms with van der Waals surface area (Å²) in [6, 6.07) is 0. The van der Waals surface area contributed by atoms with Gasteiger partial charge in [-0.25, -0.2) is 0 Å². The minimum Gasteiger partial charge on any atom is -0.393 e. The van der Waals surface area contributed by atoms with E-state index in [0.29, 0.717) is 5.92 Å². The first-order valence-electron chi connectivity index (χ1n) is 5.82. The number of hydrogen-bond donors (Lipinski definition) is 1. The summed E-state index contributed by atoms with van der Waals surface area (Å²) >= 11 is 1.90. The lowest BCUT2D eigenvalue weighted by atomic mass is 9.74. The first kappa shape index (κ1) is 12.4. The van der Waals surface area contributed by atoms with Crippen molar-refractivity contribution in [3.05, 3.63) is 0 Å². The van der Waals surface area contributed by atoms with Crippen LogP contribution in [0.15, 0.2) is 0 Å². The second-order valence-electron chi connectivity index (χ2n) is 4.93. The van der Waals surface area contributed by atoms with E-state index < -0.39 is 0 Å². The Kier molecular flexibility index (Phi) is 5.32. The molecule has 0 radical (unpaired) electrons. The lowest BCUT2D eigenvalue weighted by molar-refractivity contribution is 0.0365. The molecule has 3 atom stereocenters. The van der Waals surface area contributed by atoms with E-state index in [4.69, 9.17) is 0 Å². The van der Waals surface area contributed by atoms with Gasteiger partial charge in [0.2, 0.25) is 0 Å². The third-order valence-electron chi connectivity index (χ3n) is 3.62. The van der Waals surface area contributed by atoms with Crippen LogP contribution in [0.4, 0.5) is 0 Å². The summed E-state index contributed by atoms with van der Waals surface area (Å²) in [4.78, 5) is 0. The zero-order chi connectivity index (χ0) is 10.6. The van der Waals surface area contributed by atoms with Gasteiger partial charge < -0.3 is 5.11 Å². The maximum Gasteiger partial charge on any atom is 0.0568 e. The fourth-order valence-electron chi connectivity index (χ4n) is 2.47. The molecule has 0 heterocycles. The molecule has 1 fully saturated rings. The molecule has 14 heavy (non-hydrogen) atoms. The Balaban J connectivity index is 2.38. The Hall–Kier alpha value is 0.310. The molecule has 0 saturated heterocycles. The van der Waals surface area contributed by atoms with Gasteiger partial charge in [0.15, 0.2) is 0 Å². The van der Waals surface area contributed by atoms with Crippen LogP contribution in [0.1, 0.15) is 39.5 Å². The molecule has 0 spiro atoms. The summed E-state index contributed by atoms with van der Waals surface area (Å²) in [7, 11) is 0. The van der Waals surface area contributed by atoms with Crippen LogP contribution >= 0.6 is 11.8 Å². The van der Waals surface area contributed by atoms with Crippen molar-refractivity contribution in [3.63, 3.8) is 0 Å². The summed E-state index contributed by atoms with van der Waals surface area (Å²) in [6.07, 6.45) is 6.84. The molecule has 3 unspecified atom stereocenters. The number of aliphatic hydroxyl groups is 1. The number of aliphatic hydroxyl groups excluding tert-OH is 1. The van der Waals surface area contributed by atoms with Crippen LogP contribution in [0.5, 0.6) is 0 Å². The number of hydrogen-bond acceptors (Lipinski definition) is 2. The largest absolute Gasteiger partial charge is 0.393 e. The minimum atomic E-state index is -0.0165. The molecule has 84 valence electrons. The predicted octanol–water partition coefficient (Wildman–Crippen LogP) is 3.17. The van der Waals surface area contributed by atoms with Crippen LogP contribution in [-0.2, 0) is 0 Å². The second-order valence-corrected chi connectivity index (χ2v) is 5.91. The quantitative estimate of drug-likeness (QED) is 0.779. The van der Waals surface area contributed by atoms with E-state index in [-0.39, 0.29) is 6.10 Å². The number of thioether (sulfide) groups is 1. The highest BCUT2D eigenvalue weighted by atomic mass is 32.2. The van der Waals surface area contributed by atoms with Crippen molar-refractivity contribution in [2.75, 3.05) is 12.0 Å². The topological polar surface area (TPSA) is 20.2 Å².